The van der Waals surface area contributed by atoms with Gasteiger partial charge < -0.3 is 0 Å². The van der Waals surface area contributed by atoms with Crippen LogP contribution < -0.4 is 5.19 Å². The van der Waals surface area contributed by atoms with Gasteiger partial charge in [-0.25, -0.2) is 0 Å². The molecule has 0 amide bonds. The van der Waals surface area contributed by atoms with E-state index in [0.717, 1.165) is 0 Å². The average Bonchev–Trinajstić information content (AvgIpc) is 2.88. The van der Waals surface area contributed by atoms with Gasteiger partial charge in [-0.15, -0.1) is 0 Å². The summed E-state index contributed by atoms with van der Waals surface area (Å²) in [5.74, 6) is 0. The minimum Gasteiger partial charge on any atom is -0.0783 e. The predicted octanol–water partition coefficient (Wildman–Crippen LogP) is 5.21. The maximum atomic E-state index is 2.52. The zero-order valence-corrected chi connectivity index (χ0v) is 17.7. The molecule has 0 fully saturated rings. The average molecular weight is 327 g/mol. The minimum atomic E-state index is -0.324. The van der Waals surface area contributed by atoms with Gasteiger partial charge in [0.25, 0.3) is 0 Å². The summed E-state index contributed by atoms with van der Waals surface area (Å²) in [4.78, 5) is 0. The summed E-state index contributed by atoms with van der Waals surface area (Å²) in [7, 11) is -0.324. The molecule has 0 aromatic heterocycles. The second kappa shape index (κ2) is 7.66. The molecule has 0 unspecified atom stereocenters. The molecule has 0 N–H and O–H groups in total. The summed E-state index contributed by atoms with van der Waals surface area (Å²) in [6.45, 7) is 16.2. The van der Waals surface area contributed by atoms with Crippen molar-refractivity contribution in [3.63, 3.8) is 0 Å². The Kier molecular flexibility index (Phi) is 6.08. The number of unbranched alkanes of at least 4 members (excludes halogenated alkanes) is 2. The van der Waals surface area contributed by atoms with Crippen LogP contribution >= 0.6 is 0 Å². The fourth-order valence-corrected chi connectivity index (χ4v) is 6.28. The van der Waals surface area contributed by atoms with Gasteiger partial charge >= 0.3 is 0 Å². The minimum absolute atomic E-state index is 0.324. The zero-order valence-electron chi connectivity index (χ0n) is 16.3. The molecule has 126 valence electrons. The second-order valence-corrected chi connectivity index (χ2v) is 9.47. The molecule has 0 saturated carbocycles. The van der Waals surface area contributed by atoms with E-state index in [1.807, 2.05) is 0 Å². The quantitative estimate of drug-likeness (QED) is 0.497. The van der Waals surface area contributed by atoms with Crippen molar-refractivity contribution < 1.29 is 0 Å². The van der Waals surface area contributed by atoms with E-state index < -0.39 is 0 Å². The third kappa shape index (κ3) is 3.88. The van der Waals surface area contributed by atoms with Crippen LogP contribution in [0.2, 0.25) is 0 Å². The topological polar surface area (TPSA) is 0 Å². The first-order valence-electron chi connectivity index (χ1n) is 9.30. The molecule has 0 nitrogen and oxygen atoms in total. The van der Waals surface area contributed by atoms with Crippen LogP contribution in [0.25, 0.3) is 0 Å². The smallest absolute Gasteiger partial charge is 0.0783 e. The largest absolute Gasteiger partial charge is 0.0835 e. The van der Waals surface area contributed by atoms with Crippen LogP contribution in [0.1, 0.15) is 73.8 Å². The van der Waals surface area contributed by atoms with Crippen LogP contribution in [0.4, 0.5) is 0 Å². The van der Waals surface area contributed by atoms with E-state index in [2.05, 4.69) is 54.5 Å². The van der Waals surface area contributed by atoms with Crippen LogP contribution in [0, 0.1) is 34.6 Å². The maximum absolute atomic E-state index is 2.52. The first-order valence-corrected chi connectivity index (χ1v) is 10.7. The van der Waals surface area contributed by atoms with Gasteiger partial charge in [0.05, 0.1) is 9.52 Å². The SMILES string of the molecule is CCCCCC1=C(C)C=C([SiH2]c2c(C)c(C)c(C)c(C)c2C)C1. The molecule has 2 rings (SSSR count). The Hall–Kier alpha value is -1.08. The Balaban J connectivity index is 2.15. The van der Waals surface area contributed by atoms with Gasteiger partial charge in [-0.3, -0.25) is 0 Å². The lowest BCUT2D eigenvalue weighted by molar-refractivity contribution is 0.706. The first kappa shape index (κ1) is 18.3. The van der Waals surface area contributed by atoms with Gasteiger partial charge in [-0.05, 0) is 88.6 Å². The molecule has 0 heterocycles. The highest BCUT2D eigenvalue weighted by Crippen LogP contribution is 2.29. The molecule has 23 heavy (non-hydrogen) atoms. The summed E-state index contributed by atoms with van der Waals surface area (Å²) >= 11 is 0. The lowest BCUT2D eigenvalue weighted by Crippen LogP contribution is -2.25. The molecule has 0 aliphatic heterocycles. The summed E-state index contributed by atoms with van der Waals surface area (Å²) in [5, 5.41) is 3.46. The highest BCUT2D eigenvalue weighted by molar-refractivity contribution is 6.62. The number of hydrogen-bond acceptors (Lipinski definition) is 0. The molecule has 1 heteroatoms. The molecule has 0 radical (unpaired) electrons. The lowest BCUT2D eigenvalue weighted by atomic mass is 9.95. The van der Waals surface area contributed by atoms with E-state index in [-0.39, 0.29) is 9.52 Å². The molecular formula is C22H34Si. The van der Waals surface area contributed by atoms with Crippen LogP contribution in [0.3, 0.4) is 0 Å². The van der Waals surface area contributed by atoms with Crippen molar-refractivity contribution in [1.82, 2.24) is 0 Å². The van der Waals surface area contributed by atoms with Crippen LogP contribution in [-0.2, 0) is 0 Å². The van der Waals surface area contributed by atoms with Crippen molar-refractivity contribution in [2.75, 3.05) is 0 Å². The second-order valence-electron chi connectivity index (χ2n) is 7.50. The Bertz CT molecular complexity index is 630. The fraction of sp³-hybridized carbons (Fsp3) is 0.545. The van der Waals surface area contributed by atoms with Crippen molar-refractivity contribution in [1.29, 1.82) is 0 Å². The summed E-state index contributed by atoms with van der Waals surface area (Å²) < 4.78 is 0. The summed E-state index contributed by atoms with van der Waals surface area (Å²) in [6, 6.07) is 0. The van der Waals surface area contributed by atoms with Crippen molar-refractivity contribution in [3.8, 4) is 0 Å². The normalized spacial score (nSPS) is 15.2. The summed E-state index contributed by atoms with van der Waals surface area (Å²) in [6.07, 6.45) is 9.17. The van der Waals surface area contributed by atoms with Gasteiger partial charge in [0, 0.05) is 0 Å². The molecule has 0 atom stereocenters. The van der Waals surface area contributed by atoms with Crippen molar-refractivity contribution in [3.05, 3.63) is 50.2 Å². The predicted molar refractivity (Wildman–Crippen MR) is 108 cm³/mol. The van der Waals surface area contributed by atoms with E-state index in [0.29, 0.717) is 0 Å². The molecule has 0 bridgehead atoms. The fourth-order valence-electron chi connectivity index (χ4n) is 3.93. The third-order valence-corrected chi connectivity index (χ3v) is 8.38. The van der Waals surface area contributed by atoms with E-state index in [9.17, 15) is 0 Å². The number of rotatable bonds is 6. The standard InChI is InChI=1S/C22H34Si/c1-8-9-10-11-20-13-21(12-14(20)2)23-22-18(6)16(4)15(3)17(5)19(22)7/h12H,8-11,13,23H2,1-7H3. The molecule has 0 saturated heterocycles. The maximum Gasteiger partial charge on any atom is 0.0835 e. The highest BCUT2D eigenvalue weighted by Gasteiger charge is 2.18. The van der Waals surface area contributed by atoms with Crippen LogP contribution in [0.5, 0.6) is 0 Å². The Labute approximate surface area is 145 Å². The number of hydrogen-bond donors (Lipinski definition) is 0. The Morgan fingerprint density at radius 1 is 0.826 bits per heavy atom. The van der Waals surface area contributed by atoms with Gasteiger partial charge in [0.2, 0.25) is 0 Å². The number of allylic oxidation sites excluding steroid dienone is 4. The van der Waals surface area contributed by atoms with Crippen molar-refractivity contribution in [2.45, 2.75) is 80.6 Å². The molecule has 1 aromatic rings. The van der Waals surface area contributed by atoms with E-state index in [1.54, 1.807) is 32.7 Å². The van der Waals surface area contributed by atoms with Gasteiger partial charge in [0.1, 0.15) is 0 Å². The van der Waals surface area contributed by atoms with Gasteiger partial charge in [-0.1, -0.05) is 47.4 Å². The van der Waals surface area contributed by atoms with E-state index in [4.69, 9.17) is 0 Å². The van der Waals surface area contributed by atoms with Gasteiger partial charge in [-0.2, -0.15) is 0 Å². The number of benzene rings is 1. The Morgan fingerprint density at radius 3 is 1.96 bits per heavy atom. The van der Waals surface area contributed by atoms with Gasteiger partial charge in [0.15, 0.2) is 0 Å². The van der Waals surface area contributed by atoms with Crippen molar-refractivity contribution >= 4 is 14.7 Å². The first-order chi connectivity index (χ1) is 10.9. The van der Waals surface area contributed by atoms with E-state index in [1.165, 1.54) is 48.8 Å². The van der Waals surface area contributed by atoms with Crippen molar-refractivity contribution in [2.24, 2.45) is 0 Å². The summed E-state index contributed by atoms with van der Waals surface area (Å²) in [5.41, 5.74) is 10.9. The van der Waals surface area contributed by atoms with E-state index >= 15 is 0 Å². The van der Waals surface area contributed by atoms with Crippen LogP contribution in [-0.4, -0.2) is 9.52 Å². The monoisotopic (exact) mass is 326 g/mol. The highest BCUT2D eigenvalue weighted by atomic mass is 28.2. The lowest BCUT2D eigenvalue weighted by Gasteiger charge is -2.19. The Morgan fingerprint density at radius 2 is 1.39 bits per heavy atom. The molecule has 1 aliphatic carbocycles. The third-order valence-electron chi connectivity index (χ3n) is 6.06. The zero-order chi connectivity index (χ0) is 17.1. The molecular weight excluding hydrogens is 292 g/mol. The van der Waals surface area contributed by atoms with Crippen LogP contribution in [0.15, 0.2) is 22.4 Å². The molecule has 1 aliphatic rings. The molecule has 1 aromatic carbocycles. The molecule has 0 spiro atoms.